The lowest BCUT2D eigenvalue weighted by molar-refractivity contribution is 0.0954. The molecule has 0 radical (unpaired) electrons. The fourth-order valence-corrected chi connectivity index (χ4v) is 2.34. The molecule has 0 aliphatic carbocycles. The number of Topliss-reactive ketones (excluding diaryl/α,β-unsaturated/α-hetero) is 1. The van der Waals surface area contributed by atoms with Crippen molar-refractivity contribution in [1.29, 1.82) is 0 Å². The number of ketones is 1. The van der Waals surface area contributed by atoms with Gasteiger partial charge in [0, 0.05) is 0 Å². The number of carbonyl (C=O) groups excluding carboxylic acids is 1. The Morgan fingerprint density at radius 3 is 2.64 bits per heavy atom. The normalized spacial score (nSPS) is 13.2. The Kier molecular flexibility index (Phi) is 3.84. The summed E-state index contributed by atoms with van der Waals surface area (Å²) >= 11 is 1.48. The highest BCUT2D eigenvalue weighted by atomic mass is 32.1. The average molecular weight is 211 g/mol. The monoisotopic (exact) mass is 211 g/mol. The number of hydrogen-bond acceptors (Lipinski definition) is 3. The third-order valence-corrected chi connectivity index (χ3v) is 3.18. The van der Waals surface area contributed by atoms with Gasteiger partial charge in [-0.15, -0.1) is 11.3 Å². The maximum Gasteiger partial charge on any atom is 0.189 e. The molecule has 3 heteroatoms. The van der Waals surface area contributed by atoms with Crippen LogP contribution in [-0.2, 0) is 0 Å². The van der Waals surface area contributed by atoms with E-state index in [-0.39, 0.29) is 11.8 Å². The summed E-state index contributed by atoms with van der Waals surface area (Å²) in [6.07, 6.45) is 0.760. The molecule has 1 unspecified atom stereocenters. The molecular weight excluding hydrogens is 194 g/mol. The Bertz CT molecular complexity index is 317. The Morgan fingerprint density at radius 1 is 1.57 bits per heavy atom. The van der Waals surface area contributed by atoms with Crippen LogP contribution in [0.3, 0.4) is 0 Å². The standard InChI is InChI=1S/C11H17NOS/c1-7(2)6-9(12)10(13)11-8(3)4-5-14-11/h4-5,7,9H,6,12H2,1-3H3. The van der Waals surface area contributed by atoms with Crippen molar-refractivity contribution in [3.63, 3.8) is 0 Å². The van der Waals surface area contributed by atoms with E-state index in [9.17, 15) is 4.79 Å². The molecule has 0 aliphatic rings. The van der Waals surface area contributed by atoms with E-state index in [0.29, 0.717) is 5.92 Å². The largest absolute Gasteiger partial charge is 0.321 e. The third kappa shape index (κ3) is 2.66. The number of carbonyl (C=O) groups is 1. The van der Waals surface area contributed by atoms with Crippen molar-refractivity contribution in [2.45, 2.75) is 33.2 Å². The van der Waals surface area contributed by atoms with E-state index in [2.05, 4.69) is 13.8 Å². The fraction of sp³-hybridized carbons (Fsp3) is 0.545. The highest BCUT2D eigenvalue weighted by Crippen LogP contribution is 2.19. The van der Waals surface area contributed by atoms with E-state index < -0.39 is 0 Å². The van der Waals surface area contributed by atoms with Crippen LogP contribution in [0.25, 0.3) is 0 Å². The van der Waals surface area contributed by atoms with E-state index in [4.69, 9.17) is 5.73 Å². The van der Waals surface area contributed by atoms with Gasteiger partial charge in [-0.1, -0.05) is 13.8 Å². The maximum atomic E-state index is 11.8. The Hall–Kier alpha value is -0.670. The Morgan fingerprint density at radius 2 is 2.21 bits per heavy atom. The molecule has 2 nitrogen and oxygen atoms in total. The Labute approximate surface area is 89.1 Å². The predicted molar refractivity (Wildman–Crippen MR) is 60.8 cm³/mol. The molecule has 0 aromatic carbocycles. The third-order valence-electron chi connectivity index (χ3n) is 2.15. The summed E-state index contributed by atoms with van der Waals surface area (Å²) in [4.78, 5) is 12.7. The summed E-state index contributed by atoms with van der Waals surface area (Å²) in [5.41, 5.74) is 6.88. The summed E-state index contributed by atoms with van der Waals surface area (Å²) in [6.45, 7) is 6.11. The molecule has 0 saturated heterocycles. The minimum absolute atomic E-state index is 0.0891. The zero-order valence-electron chi connectivity index (χ0n) is 8.91. The first kappa shape index (κ1) is 11.4. The average Bonchev–Trinajstić information content (AvgIpc) is 2.48. The van der Waals surface area contributed by atoms with Gasteiger partial charge in [0.25, 0.3) is 0 Å². The van der Waals surface area contributed by atoms with Crippen molar-refractivity contribution in [3.8, 4) is 0 Å². The molecule has 1 aromatic rings. The van der Waals surface area contributed by atoms with Crippen LogP contribution in [-0.4, -0.2) is 11.8 Å². The summed E-state index contributed by atoms with van der Waals surface area (Å²) < 4.78 is 0. The molecule has 0 saturated carbocycles. The van der Waals surface area contributed by atoms with Gasteiger partial charge < -0.3 is 5.73 Å². The van der Waals surface area contributed by atoms with Gasteiger partial charge >= 0.3 is 0 Å². The van der Waals surface area contributed by atoms with E-state index in [1.54, 1.807) is 0 Å². The number of aryl methyl sites for hydroxylation is 1. The van der Waals surface area contributed by atoms with E-state index >= 15 is 0 Å². The van der Waals surface area contributed by atoms with Gasteiger partial charge in [-0.2, -0.15) is 0 Å². The van der Waals surface area contributed by atoms with Crippen molar-refractivity contribution in [3.05, 3.63) is 21.9 Å². The van der Waals surface area contributed by atoms with Crippen LogP contribution in [0.4, 0.5) is 0 Å². The first-order valence-corrected chi connectivity index (χ1v) is 5.74. The minimum Gasteiger partial charge on any atom is -0.321 e. The van der Waals surface area contributed by atoms with Gasteiger partial charge in [-0.3, -0.25) is 4.79 Å². The van der Waals surface area contributed by atoms with Crippen molar-refractivity contribution >= 4 is 17.1 Å². The van der Waals surface area contributed by atoms with Gasteiger partial charge in [0.15, 0.2) is 5.78 Å². The summed E-state index contributed by atoms with van der Waals surface area (Å²) in [5.74, 6) is 0.556. The number of rotatable bonds is 4. The molecular formula is C11H17NOS. The van der Waals surface area contributed by atoms with Crippen LogP contribution < -0.4 is 5.73 Å². The SMILES string of the molecule is Cc1ccsc1C(=O)C(N)CC(C)C. The van der Waals surface area contributed by atoms with E-state index in [1.165, 1.54) is 11.3 Å². The smallest absolute Gasteiger partial charge is 0.189 e. The molecule has 14 heavy (non-hydrogen) atoms. The van der Waals surface area contributed by atoms with Crippen molar-refractivity contribution in [2.75, 3.05) is 0 Å². The van der Waals surface area contributed by atoms with Crippen LogP contribution in [0.1, 0.15) is 35.5 Å². The van der Waals surface area contributed by atoms with Crippen LogP contribution in [0, 0.1) is 12.8 Å². The number of thiophene rings is 1. The number of hydrogen-bond donors (Lipinski definition) is 1. The summed E-state index contributed by atoms with van der Waals surface area (Å²) in [7, 11) is 0. The second-order valence-electron chi connectivity index (χ2n) is 4.03. The topological polar surface area (TPSA) is 43.1 Å². The maximum absolute atomic E-state index is 11.8. The van der Waals surface area contributed by atoms with Crippen LogP contribution in [0.2, 0.25) is 0 Å². The molecule has 78 valence electrons. The summed E-state index contributed by atoms with van der Waals surface area (Å²) in [6, 6.07) is 1.62. The molecule has 1 rings (SSSR count). The molecule has 1 aromatic heterocycles. The molecule has 0 spiro atoms. The molecule has 1 heterocycles. The minimum atomic E-state index is -0.340. The zero-order valence-corrected chi connectivity index (χ0v) is 9.73. The van der Waals surface area contributed by atoms with Gasteiger partial charge in [0.05, 0.1) is 10.9 Å². The Balaban J connectivity index is 2.71. The predicted octanol–water partition coefficient (Wildman–Crippen LogP) is 2.61. The fourth-order valence-electron chi connectivity index (χ4n) is 1.41. The lowest BCUT2D eigenvalue weighted by Crippen LogP contribution is -2.31. The van der Waals surface area contributed by atoms with Gasteiger partial charge in [0.1, 0.15) is 0 Å². The second-order valence-corrected chi connectivity index (χ2v) is 4.95. The molecule has 1 atom stereocenters. The first-order valence-electron chi connectivity index (χ1n) is 4.86. The van der Waals surface area contributed by atoms with Crippen molar-refractivity contribution in [2.24, 2.45) is 11.7 Å². The quantitative estimate of drug-likeness (QED) is 0.778. The van der Waals surface area contributed by atoms with Crippen LogP contribution in [0.5, 0.6) is 0 Å². The molecule has 0 amide bonds. The molecule has 0 aliphatic heterocycles. The van der Waals surface area contributed by atoms with Crippen LogP contribution in [0.15, 0.2) is 11.4 Å². The number of nitrogens with two attached hydrogens (primary N) is 1. The van der Waals surface area contributed by atoms with Crippen molar-refractivity contribution in [1.82, 2.24) is 0 Å². The van der Waals surface area contributed by atoms with Gasteiger partial charge in [-0.05, 0) is 36.3 Å². The van der Waals surface area contributed by atoms with Gasteiger partial charge in [-0.25, -0.2) is 0 Å². The van der Waals surface area contributed by atoms with Crippen LogP contribution >= 0.6 is 11.3 Å². The highest BCUT2D eigenvalue weighted by molar-refractivity contribution is 7.12. The molecule has 2 N–H and O–H groups in total. The molecule has 0 bridgehead atoms. The summed E-state index contributed by atoms with van der Waals surface area (Å²) in [5, 5.41) is 1.94. The highest BCUT2D eigenvalue weighted by Gasteiger charge is 2.19. The van der Waals surface area contributed by atoms with E-state index in [1.807, 2.05) is 18.4 Å². The zero-order chi connectivity index (χ0) is 10.7. The molecule has 0 fully saturated rings. The first-order chi connectivity index (χ1) is 6.52. The van der Waals surface area contributed by atoms with Gasteiger partial charge in [0.2, 0.25) is 0 Å². The lowest BCUT2D eigenvalue weighted by atomic mass is 9.99. The van der Waals surface area contributed by atoms with E-state index in [0.717, 1.165) is 16.9 Å². The lowest BCUT2D eigenvalue weighted by Gasteiger charge is -2.12. The van der Waals surface area contributed by atoms with Crippen molar-refractivity contribution < 1.29 is 4.79 Å². The second kappa shape index (κ2) is 4.71.